The maximum atomic E-state index is 12.2. The zero-order valence-electron chi connectivity index (χ0n) is 15.6. The van der Waals surface area contributed by atoms with Gasteiger partial charge in [-0.15, -0.1) is 0 Å². The number of hydrogen-bond acceptors (Lipinski definition) is 3. The maximum absolute atomic E-state index is 12.2. The van der Waals surface area contributed by atoms with Crippen LogP contribution in [0.3, 0.4) is 0 Å². The van der Waals surface area contributed by atoms with Gasteiger partial charge in [0.05, 0.1) is 6.10 Å². The van der Waals surface area contributed by atoms with Crippen LogP contribution in [-0.2, 0) is 4.79 Å². The highest BCUT2D eigenvalue weighted by Gasteiger charge is 2.65. The van der Waals surface area contributed by atoms with E-state index in [9.17, 15) is 15.0 Å². The van der Waals surface area contributed by atoms with Gasteiger partial charge in [0.2, 0.25) is 0 Å². The third kappa shape index (κ3) is 2.00. The molecule has 24 heavy (non-hydrogen) atoms. The molecule has 0 heterocycles. The summed E-state index contributed by atoms with van der Waals surface area (Å²) in [4.78, 5) is 12.2. The minimum atomic E-state index is -1.09. The van der Waals surface area contributed by atoms with Crippen LogP contribution in [0.25, 0.3) is 0 Å². The second-order valence-electron chi connectivity index (χ2n) is 10.00. The smallest absolute Gasteiger partial charge is 0.161 e. The van der Waals surface area contributed by atoms with Crippen molar-refractivity contribution >= 4 is 5.78 Å². The number of carbonyl (C=O) groups is 1. The molecule has 0 saturated heterocycles. The first-order valence-corrected chi connectivity index (χ1v) is 10.1. The molecule has 0 aromatic rings. The summed E-state index contributed by atoms with van der Waals surface area (Å²) in [6, 6.07) is 0. The predicted molar refractivity (Wildman–Crippen MR) is 93.4 cm³/mol. The van der Waals surface area contributed by atoms with E-state index >= 15 is 0 Å². The van der Waals surface area contributed by atoms with Crippen molar-refractivity contribution in [2.45, 2.75) is 90.3 Å². The van der Waals surface area contributed by atoms with Crippen molar-refractivity contribution in [2.75, 3.05) is 0 Å². The Balaban J connectivity index is 1.65. The van der Waals surface area contributed by atoms with Crippen LogP contribution in [0.15, 0.2) is 0 Å². The lowest BCUT2D eigenvalue weighted by Gasteiger charge is -2.61. The molecule has 0 amide bonds. The third-order valence-electron chi connectivity index (χ3n) is 9.37. The average Bonchev–Trinajstić information content (AvgIpc) is 2.81. The molecule has 4 aliphatic rings. The standard InChI is InChI=1S/C21H34O3/c1-13(22)21(24)11-8-18-16-5-4-14-12-15(23)6-9-19(14,2)17(16)7-10-20(18,21)3/h14-18,23-24H,4-12H2,1-3H3/t14-,15-,16+,17-,18+,19-,20-,21-/m0/s1. The summed E-state index contributed by atoms with van der Waals surface area (Å²) >= 11 is 0. The van der Waals surface area contributed by atoms with Crippen LogP contribution >= 0.6 is 0 Å². The Kier molecular flexibility index (Phi) is 3.76. The van der Waals surface area contributed by atoms with Crippen molar-refractivity contribution in [1.82, 2.24) is 0 Å². The fourth-order valence-electron chi connectivity index (χ4n) is 7.83. The summed E-state index contributed by atoms with van der Waals surface area (Å²) in [6.45, 7) is 6.26. The quantitative estimate of drug-likeness (QED) is 0.768. The van der Waals surface area contributed by atoms with E-state index in [4.69, 9.17) is 0 Å². The minimum Gasteiger partial charge on any atom is -0.393 e. The van der Waals surface area contributed by atoms with Gasteiger partial charge >= 0.3 is 0 Å². The summed E-state index contributed by atoms with van der Waals surface area (Å²) < 4.78 is 0. The SMILES string of the molecule is CC(=O)[C@@]1(O)CC[C@@H]2[C@@H]3CC[C@H]4C[C@@H](O)CC[C@]4(C)[C@H]3CC[C@@]21C. The van der Waals surface area contributed by atoms with E-state index in [-0.39, 0.29) is 17.3 Å². The second-order valence-corrected chi connectivity index (χ2v) is 10.00. The Morgan fingerprint density at radius 1 is 0.958 bits per heavy atom. The van der Waals surface area contributed by atoms with Crippen molar-refractivity contribution < 1.29 is 15.0 Å². The minimum absolute atomic E-state index is 0.0216. The molecule has 0 aliphatic heterocycles. The summed E-state index contributed by atoms with van der Waals surface area (Å²) in [5.74, 6) is 2.52. The van der Waals surface area contributed by atoms with Gasteiger partial charge in [-0.1, -0.05) is 13.8 Å². The zero-order chi connectivity index (χ0) is 17.3. The molecule has 0 aromatic heterocycles. The lowest BCUT2D eigenvalue weighted by atomic mass is 9.44. The van der Waals surface area contributed by atoms with Gasteiger partial charge in [-0.25, -0.2) is 0 Å². The first kappa shape index (κ1) is 17.0. The summed E-state index contributed by atoms with van der Waals surface area (Å²) in [6.07, 6.45) is 9.25. The molecule has 3 nitrogen and oxygen atoms in total. The van der Waals surface area contributed by atoms with E-state index in [1.807, 2.05) is 0 Å². The largest absolute Gasteiger partial charge is 0.393 e. The zero-order valence-corrected chi connectivity index (χ0v) is 15.6. The lowest BCUT2D eigenvalue weighted by Crippen LogP contribution is -2.58. The summed E-state index contributed by atoms with van der Waals surface area (Å²) in [7, 11) is 0. The van der Waals surface area contributed by atoms with Gasteiger partial charge in [-0.2, -0.15) is 0 Å². The third-order valence-corrected chi connectivity index (χ3v) is 9.37. The topological polar surface area (TPSA) is 57.5 Å². The molecule has 4 saturated carbocycles. The van der Waals surface area contributed by atoms with Crippen molar-refractivity contribution in [1.29, 1.82) is 0 Å². The Labute approximate surface area is 146 Å². The van der Waals surface area contributed by atoms with E-state index in [0.717, 1.165) is 44.4 Å². The summed E-state index contributed by atoms with van der Waals surface area (Å²) in [5.41, 5.74) is -0.957. The van der Waals surface area contributed by atoms with Crippen LogP contribution in [0.2, 0.25) is 0 Å². The molecule has 0 aromatic carbocycles. The number of aliphatic hydroxyl groups is 2. The van der Waals surface area contributed by atoms with E-state index in [1.165, 1.54) is 12.8 Å². The van der Waals surface area contributed by atoms with Gasteiger partial charge in [-0.3, -0.25) is 4.79 Å². The molecule has 0 unspecified atom stereocenters. The monoisotopic (exact) mass is 334 g/mol. The maximum Gasteiger partial charge on any atom is 0.161 e. The van der Waals surface area contributed by atoms with E-state index < -0.39 is 5.60 Å². The number of fused-ring (bicyclic) bond motifs is 5. The van der Waals surface area contributed by atoms with Crippen LogP contribution in [0.5, 0.6) is 0 Å². The lowest BCUT2D eigenvalue weighted by molar-refractivity contribution is -0.170. The molecule has 2 N–H and O–H groups in total. The van der Waals surface area contributed by atoms with Crippen LogP contribution in [-0.4, -0.2) is 27.7 Å². The molecule has 136 valence electrons. The van der Waals surface area contributed by atoms with Gasteiger partial charge in [0.1, 0.15) is 5.60 Å². The highest BCUT2D eigenvalue weighted by molar-refractivity contribution is 5.86. The van der Waals surface area contributed by atoms with Crippen molar-refractivity contribution in [3.8, 4) is 0 Å². The number of carbonyl (C=O) groups excluding carboxylic acids is 1. The molecular formula is C21H34O3. The van der Waals surface area contributed by atoms with Crippen LogP contribution in [0, 0.1) is 34.5 Å². The van der Waals surface area contributed by atoms with Crippen LogP contribution in [0.4, 0.5) is 0 Å². The first-order chi connectivity index (χ1) is 11.2. The van der Waals surface area contributed by atoms with Crippen molar-refractivity contribution in [3.63, 3.8) is 0 Å². The van der Waals surface area contributed by atoms with E-state index in [2.05, 4.69) is 13.8 Å². The molecule has 4 rings (SSSR count). The molecule has 4 aliphatic carbocycles. The molecular weight excluding hydrogens is 300 g/mol. The Morgan fingerprint density at radius 2 is 1.67 bits per heavy atom. The normalized spacial score (nSPS) is 57.0. The highest BCUT2D eigenvalue weighted by Crippen LogP contribution is 2.68. The fraction of sp³-hybridized carbons (Fsp3) is 0.952. The summed E-state index contributed by atoms with van der Waals surface area (Å²) in [5, 5.41) is 21.3. The molecule has 3 heteroatoms. The number of Topliss-reactive ketones (excluding diaryl/α,β-unsaturated/α-hetero) is 1. The number of hydrogen-bond donors (Lipinski definition) is 2. The molecule has 8 atom stereocenters. The predicted octanol–water partition coefficient (Wildman–Crippen LogP) is 3.71. The van der Waals surface area contributed by atoms with Gasteiger partial charge in [0.25, 0.3) is 0 Å². The average molecular weight is 335 g/mol. The van der Waals surface area contributed by atoms with Crippen molar-refractivity contribution in [3.05, 3.63) is 0 Å². The molecule has 0 spiro atoms. The van der Waals surface area contributed by atoms with Crippen molar-refractivity contribution in [2.24, 2.45) is 34.5 Å². The van der Waals surface area contributed by atoms with E-state index in [1.54, 1.807) is 6.92 Å². The van der Waals surface area contributed by atoms with Gasteiger partial charge in [0.15, 0.2) is 5.78 Å². The molecule has 0 bridgehead atoms. The first-order valence-electron chi connectivity index (χ1n) is 10.1. The van der Waals surface area contributed by atoms with E-state index in [0.29, 0.717) is 29.6 Å². The number of rotatable bonds is 1. The number of ketones is 1. The van der Waals surface area contributed by atoms with Crippen LogP contribution < -0.4 is 0 Å². The van der Waals surface area contributed by atoms with Gasteiger partial charge in [-0.05, 0) is 93.8 Å². The van der Waals surface area contributed by atoms with Gasteiger partial charge in [0, 0.05) is 5.41 Å². The van der Waals surface area contributed by atoms with Crippen LogP contribution in [0.1, 0.15) is 78.6 Å². The Hall–Kier alpha value is -0.410. The Morgan fingerprint density at radius 3 is 2.38 bits per heavy atom. The Bertz CT molecular complexity index is 545. The fourth-order valence-corrected chi connectivity index (χ4v) is 7.83. The highest BCUT2D eigenvalue weighted by atomic mass is 16.3. The van der Waals surface area contributed by atoms with Gasteiger partial charge < -0.3 is 10.2 Å². The number of aliphatic hydroxyl groups excluding tert-OH is 1. The molecule has 4 fully saturated rings. The molecule has 0 radical (unpaired) electrons. The second kappa shape index (κ2) is 5.30.